The molecule has 2 rings (SSSR count). The Morgan fingerprint density at radius 3 is 2.44 bits per heavy atom. The molecule has 0 aromatic heterocycles. The van der Waals surface area contributed by atoms with E-state index < -0.39 is 4.92 Å². The highest BCUT2D eigenvalue weighted by Crippen LogP contribution is 2.27. The van der Waals surface area contributed by atoms with E-state index in [-0.39, 0.29) is 11.3 Å². The van der Waals surface area contributed by atoms with Crippen molar-refractivity contribution >= 4 is 23.6 Å². The van der Waals surface area contributed by atoms with Gasteiger partial charge in [0, 0.05) is 11.1 Å². The van der Waals surface area contributed by atoms with Crippen LogP contribution in [0.4, 0.5) is 5.69 Å². The van der Waals surface area contributed by atoms with Gasteiger partial charge < -0.3 is 0 Å². The summed E-state index contributed by atoms with van der Waals surface area (Å²) >= 11 is 5.87. The Bertz CT molecular complexity index is 625. The minimum Gasteiger partial charge on any atom is -0.298 e. The Balaban J connectivity index is 2.54. The zero-order chi connectivity index (χ0) is 13.1. The molecule has 18 heavy (non-hydrogen) atoms. The van der Waals surface area contributed by atoms with Gasteiger partial charge in [-0.05, 0) is 35.4 Å². The lowest BCUT2D eigenvalue weighted by molar-refractivity contribution is -0.385. The van der Waals surface area contributed by atoms with Crippen molar-refractivity contribution < 1.29 is 9.72 Å². The molecule has 2 aromatic carbocycles. The summed E-state index contributed by atoms with van der Waals surface area (Å²) in [5, 5.41) is 11.3. The van der Waals surface area contributed by atoms with Gasteiger partial charge in [0.25, 0.3) is 5.69 Å². The highest BCUT2D eigenvalue weighted by atomic mass is 35.5. The largest absolute Gasteiger partial charge is 0.298 e. The second-order valence-corrected chi connectivity index (χ2v) is 4.10. The van der Waals surface area contributed by atoms with Gasteiger partial charge in [0.05, 0.1) is 10.5 Å². The van der Waals surface area contributed by atoms with E-state index >= 15 is 0 Å². The van der Waals surface area contributed by atoms with Gasteiger partial charge in [0.2, 0.25) is 0 Å². The van der Waals surface area contributed by atoms with Gasteiger partial charge in [0.15, 0.2) is 6.29 Å². The first-order valence-electron chi connectivity index (χ1n) is 5.11. The summed E-state index contributed by atoms with van der Waals surface area (Å²) in [5.74, 6) is 0. The third-order valence-electron chi connectivity index (χ3n) is 2.51. The second kappa shape index (κ2) is 4.98. The smallest absolute Gasteiger partial charge is 0.279 e. The quantitative estimate of drug-likeness (QED) is 0.480. The molecule has 0 spiro atoms. The van der Waals surface area contributed by atoms with Gasteiger partial charge in [-0.3, -0.25) is 14.9 Å². The van der Waals surface area contributed by atoms with Crippen molar-refractivity contribution in [2.75, 3.05) is 0 Å². The molecule has 0 radical (unpaired) electrons. The van der Waals surface area contributed by atoms with Crippen LogP contribution < -0.4 is 0 Å². The lowest BCUT2D eigenvalue weighted by atomic mass is 10.0. The SMILES string of the molecule is O=Cc1cc(-c2cccc(Cl)c2)ccc1[N+](=O)[O-]. The van der Waals surface area contributed by atoms with Crippen LogP contribution >= 0.6 is 11.6 Å². The molecule has 0 amide bonds. The topological polar surface area (TPSA) is 60.2 Å². The summed E-state index contributed by atoms with van der Waals surface area (Å²) in [6.07, 6.45) is 0.478. The van der Waals surface area contributed by atoms with Gasteiger partial charge in [-0.2, -0.15) is 0 Å². The van der Waals surface area contributed by atoms with E-state index in [1.54, 1.807) is 24.3 Å². The zero-order valence-corrected chi connectivity index (χ0v) is 9.92. The number of nitrogens with zero attached hydrogens (tertiary/aromatic N) is 1. The molecular formula is C13H8ClNO3. The highest BCUT2D eigenvalue weighted by Gasteiger charge is 2.13. The van der Waals surface area contributed by atoms with Crippen molar-refractivity contribution in [2.24, 2.45) is 0 Å². The lowest BCUT2D eigenvalue weighted by Gasteiger charge is -2.03. The van der Waals surface area contributed by atoms with Crippen LogP contribution in [0.1, 0.15) is 10.4 Å². The molecule has 2 aromatic rings. The van der Waals surface area contributed by atoms with Crippen LogP contribution in [0.5, 0.6) is 0 Å². The molecule has 0 saturated heterocycles. The fraction of sp³-hybridized carbons (Fsp3) is 0. The predicted molar refractivity (Wildman–Crippen MR) is 68.9 cm³/mol. The van der Waals surface area contributed by atoms with E-state index in [9.17, 15) is 14.9 Å². The van der Waals surface area contributed by atoms with Crippen LogP contribution in [0.3, 0.4) is 0 Å². The van der Waals surface area contributed by atoms with Crippen molar-refractivity contribution in [3.8, 4) is 11.1 Å². The van der Waals surface area contributed by atoms with Gasteiger partial charge in [0.1, 0.15) is 0 Å². The monoisotopic (exact) mass is 261 g/mol. The molecule has 0 heterocycles. The van der Waals surface area contributed by atoms with E-state index in [0.717, 1.165) is 5.56 Å². The molecule has 0 aliphatic carbocycles. The van der Waals surface area contributed by atoms with E-state index in [2.05, 4.69) is 0 Å². The number of nitro benzene ring substituents is 1. The average Bonchev–Trinajstić information content (AvgIpc) is 2.37. The number of nitro groups is 1. The Kier molecular flexibility index (Phi) is 3.39. The molecule has 0 aliphatic rings. The molecule has 0 fully saturated rings. The van der Waals surface area contributed by atoms with E-state index in [1.807, 2.05) is 6.07 Å². The second-order valence-electron chi connectivity index (χ2n) is 3.66. The lowest BCUT2D eigenvalue weighted by Crippen LogP contribution is -1.94. The summed E-state index contributed by atoms with van der Waals surface area (Å²) in [6, 6.07) is 11.5. The fourth-order valence-electron chi connectivity index (χ4n) is 1.66. The molecule has 0 atom stereocenters. The van der Waals surface area contributed by atoms with Crippen molar-refractivity contribution in [3.63, 3.8) is 0 Å². The summed E-state index contributed by atoms with van der Waals surface area (Å²) in [4.78, 5) is 21.0. The van der Waals surface area contributed by atoms with Crippen molar-refractivity contribution in [2.45, 2.75) is 0 Å². The Hall–Kier alpha value is -2.20. The van der Waals surface area contributed by atoms with Crippen LogP contribution in [-0.4, -0.2) is 11.2 Å². The van der Waals surface area contributed by atoms with Crippen LogP contribution in [0.15, 0.2) is 42.5 Å². The molecule has 0 aliphatic heterocycles. The zero-order valence-electron chi connectivity index (χ0n) is 9.17. The average molecular weight is 262 g/mol. The predicted octanol–water partition coefficient (Wildman–Crippen LogP) is 3.73. The van der Waals surface area contributed by atoms with Gasteiger partial charge in [-0.15, -0.1) is 0 Å². The maximum atomic E-state index is 10.9. The number of carbonyl (C=O) groups excluding carboxylic acids is 1. The first kappa shape index (κ1) is 12.3. The van der Waals surface area contributed by atoms with E-state index in [4.69, 9.17) is 11.6 Å². The van der Waals surface area contributed by atoms with Crippen molar-refractivity contribution in [3.05, 3.63) is 63.2 Å². The third kappa shape index (κ3) is 2.38. The van der Waals surface area contributed by atoms with E-state index in [0.29, 0.717) is 16.9 Å². The molecule has 0 N–H and O–H groups in total. The molecule has 0 unspecified atom stereocenters. The molecule has 0 saturated carbocycles. The summed E-state index contributed by atoms with van der Waals surface area (Å²) < 4.78 is 0. The van der Waals surface area contributed by atoms with Crippen LogP contribution in [0.25, 0.3) is 11.1 Å². The highest BCUT2D eigenvalue weighted by molar-refractivity contribution is 6.30. The Labute approximate surface area is 108 Å². The van der Waals surface area contributed by atoms with Crippen molar-refractivity contribution in [1.82, 2.24) is 0 Å². The van der Waals surface area contributed by atoms with Crippen molar-refractivity contribution in [1.29, 1.82) is 0 Å². The first-order valence-corrected chi connectivity index (χ1v) is 5.49. The number of halogens is 1. The van der Waals surface area contributed by atoms with Crippen LogP contribution in [0, 0.1) is 10.1 Å². The number of hydrogen-bond acceptors (Lipinski definition) is 3. The van der Waals surface area contributed by atoms with E-state index in [1.165, 1.54) is 12.1 Å². The van der Waals surface area contributed by atoms with Gasteiger partial charge >= 0.3 is 0 Å². The maximum Gasteiger partial charge on any atom is 0.279 e. The molecular weight excluding hydrogens is 254 g/mol. The number of rotatable bonds is 3. The number of benzene rings is 2. The maximum absolute atomic E-state index is 10.9. The van der Waals surface area contributed by atoms with Crippen LogP contribution in [-0.2, 0) is 0 Å². The number of aldehydes is 1. The van der Waals surface area contributed by atoms with Gasteiger partial charge in [-0.1, -0.05) is 23.7 Å². The third-order valence-corrected chi connectivity index (χ3v) is 2.74. The molecule has 4 nitrogen and oxygen atoms in total. The minimum absolute atomic E-state index is 0.0532. The molecule has 5 heteroatoms. The molecule has 90 valence electrons. The Morgan fingerprint density at radius 1 is 1.11 bits per heavy atom. The minimum atomic E-state index is -0.578. The van der Waals surface area contributed by atoms with Gasteiger partial charge in [-0.25, -0.2) is 0 Å². The molecule has 0 bridgehead atoms. The number of hydrogen-bond donors (Lipinski definition) is 0. The Morgan fingerprint density at radius 2 is 1.83 bits per heavy atom. The number of carbonyl (C=O) groups is 1. The summed E-state index contributed by atoms with van der Waals surface area (Å²) in [6.45, 7) is 0. The summed E-state index contributed by atoms with van der Waals surface area (Å²) in [7, 11) is 0. The normalized spacial score (nSPS) is 10.1. The fourth-order valence-corrected chi connectivity index (χ4v) is 1.85. The summed E-state index contributed by atoms with van der Waals surface area (Å²) in [5.41, 5.74) is 1.37. The van der Waals surface area contributed by atoms with Crippen LogP contribution in [0.2, 0.25) is 5.02 Å². The standard InChI is InChI=1S/C13H8ClNO3/c14-12-3-1-2-9(7-12)10-4-5-13(15(17)18)11(6-10)8-16/h1-8H. The first-order chi connectivity index (χ1) is 8.61.